The van der Waals surface area contributed by atoms with Crippen molar-refractivity contribution in [2.24, 2.45) is 5.92 Å². The van der Waals surface area contributed by atoms with Crippen molar-refractivity contribution in [2.45, 2.75) is 26.5 Å². The zero-order valence-corrected chi connectivity index (χ0v) is 20.8. The number of rotatable bonds is 7. The van der Waals surface area contributed by atoms with Crippen LogP contribution in [0.3, 0.4) is 0 Å². The molecule has 0 fully saturated rings. The molecule has 0 aliphatic heterocycles. The maximum Gasteiger partial charge on any atom is 0.161 e. The van der Waals surface area contributed by atoms with E-state index in [1.165, 1.54) is 6.20 Å². The summed E-state index contributed by atoms with van der Waals surface area (Å²) in [5, 5.41) is 24.7. The van der Waals surface area contributed by atoms with Gasteiger partial charge in [0, 0.05) is 28.9 Å². The predicted octanol–water partition coefficient (Wildman–Crippen LogP) is 5.60. The first kappa shape index (κ1) is 23.2. The Morgan fingerprint density at radius 3 is 2.76 bits per heavy atom. The van der Waals surface area contributed by atoms with Gasteiger partial charge in [-0.3, -0.25) is 20.1 Å². The summed E-state index contributed by atoms with van der Waals surface area (Å²) in [4.78, 5) is 21.0. The SMILES string of the molecule is CC(C)CC(O)Nc1cncc(-c2ncc3[nH]nc(-c4nc5c(-c6ccsc6)nccc5[nH]4)c3c2F)c1. The number of thiophene rings is 1. The Kier molecular flexibility index (Phi) is 5.85. The number of aliphatic hydroxyl groups is 1. The summed E-state index contributed by atoms with van der Waals surface area (Å²) in [6.07, 6.45) is 6.21. The monoisotopic (exact) mass is 514 g/mol. The van der Waals surface area contributed by atoms with E-state index in [2.05, 4.69) is 35.5 Å². The van der Waals surface area contributed by atoms with Crippen molar-refractivity contribution in [1.29, 1.82) is 0 Å². The molecule has 186 valence electrons. The van der Waals surface area contributed by atoms with Gasteiger partial charge in [0.25, 0.3) is 0 Å². The molecule has 0 spiro atoms. The molecule has 0 amide bonds. The third kappa shape index (κ3) is 4.32. The number of anilines is 1. The van der Waals surface area contributed by atoms with Gasteiger partial charge in [-0.1, -0.05) is 13.8 Å². The maximum atomic E-state index is 16.0. The van der Waals surface area contributed by atoms with E-state index >= 15 is 4.39 Å². The van der Waals surface area contributed by atoms with Gasteiger partial charge >= 0.3 is 0 Å². The molecule has 6 heterocycles. The van der Waals surface area contributed by atoms with E-state index in [9.17, 15) is 5.11 Å². The molecule has 0 aromatic carbocycles. The van der Waals surface area contributed by atoms with Crippen LogP contribution in [-0.2, 0) is 0 Å². The van der Waals surface area contributed by atoms with Crippen molar-refractivity contribution in [3.63, 3.8) is 0 Å². The van der Waals surface area contributed by atoms with E-state index in [-0.39, 0.29) is 11.1 Å². The van der Waals surface area contributed by atoms with Crippen molar-refractivity contribution >= 4 is 39.0 Å². The Balaban J connectivity index is 1.42. The molecule has 37 heavy (non-hydrogen) atoms. The summed E-state index contributed by atoms with van der Waals surface area (Å²) < 4.78 is 16.0. The fourth-order valence-electron chi connectivity index (χ4n) is 4.35. The minimum atomic E-state index is -0.737. The predicted molar refractivity (Wildman–Crippen MR) is 142 cm³/mol. The van der Waals surface area contributed by atoms with Crippen LogP contribution in [0, 0.1) is 11.7 Å². The summed E-state index contributed by atoms with van der Waals surface area (Å²) in [5.41, 5.74) is 5.15. The normalized spacial score (nSPS) is 12.6. The Morgan fingerprint density at radius 1 is 1.05 bits per heavy atom. The number of aromatic nitrogens is 7. The van der Waals surface area contributed by atoms with Crippen molar-refractivity contribution in [3.8, 4) is 34.0 Å². The van der Waals surface area contributed by atoms with Crippen LogP contribution in [0.4, 0.5) is 10.1 Å². The summed E-state index contributed by atoms with van der Waals surface area (Å²) in [6, 6.07) is 5.53. The van der Waals surface area contributed by atoms with Crippen LogP contribution in [0.2, 0.25) is 0 Å². The highest BCUT2D eigenvalue weighted by Crippen LogP contribution is 2.34. The Morgan fingerprint density at radius 2 is 1.95 bits per heavy atom. The molecule has 0 bridgehead atoms. The minimum absolute atomic E-state index is 0.126. The molecule has 11 heteroatoms. The molecule has 1 atom stereocenters. The fraction of sp³-hybridized carbons (Fsp3) is 0.192. The molecule has 4 N–H and O–H groups in total. The second-order valence-corrected chi connectivity index (χ2v) is 9.97. The molecule has 9 nitrogen and oxygen atoms in total. The third-order valence-electron chi connectivity index (χ3n) is 6.00. The van der Waals surface area contributed by atoms with Gasteiger partial charge in [-0.25, -0.2) is 9.37 Å². The van der Waals surface area contributed by atoms with E-state index in [1.807, 2.05) is 36.7 Å². The minimum Gasteiger partial charge on any atom is -0.374 e. The first-order valence-electron chi connectivity index (χ1n) is 11.8. The standard InChI is InChI=1S/C26H23FN8OS/c1-13(2)7-19(36)31-16-8-15(9-28-10-16)22-21(27)20-18(11-30-22)34-35-25(20)26-32-17-3-5-29-23(24(17)33-26)14-4-6-37-12-14/h3-6,8-13,19,31,36H,7H2,1-2H3,(H,32,33)(H,34,35). The van der Waals surface area contributed by atoms with E-state index in [4.69, 9.17) is 4.98 Å². The van der Waals surface area contributed by atoms with Crippen molar-refractivity contribution in [1.82, 2.24) is 35.1 Å². The average Bonchev–Trinajstić information content (AvgIpc) is 3.62. The van der Waals surface area contributed by atoms with Gasteiger partial charge in [0.2, 0.25) is 0 Å². The van der Waals surface area contributed by atoms with Gasteiger partial charge in [-0.2, -0.15) is 16.4 Å². The van der Waals surface area contributed by atoms with Crippen molar-refractivity contribution in [2.75, 3.05) is 5.32 Å². The number of nitrogens with one attached hydrogen (secondary N) is 3. The van der Waals surface area contributed by atoms with Crippen LogP contribution in [-0.4, -0.2) is 46.5 Å². The van der Waals surface area contributed by atoms with Gasteiger partial charge in [0.15, 0.2) is 11.6 Å². The van der Waals surface area contributed by atoms with Crippen molar-refractivity contribution < 1.29 is 9.50 Å². The number of pyridine rings is 3. The summed E-state index contributed by atoms with van der Waals surface area (Å²) in [6.45, 7) is 4.05. The zero-order valence-electron chi connectivity index (χ0n) is 20.0. The zero-order chi connectivity index (χ0) is 25.5. The number of fused-ring (bicyclic) bond motifs is 2. The molecule has 0 aliphatic carbocycles. The van der Waals surface area contributed by atoms with Crippen LogP contribution in [0.15, 0.2) is 53.7 Å². The van der Waals surface area contributed by atoms with E-state index < -0.39 is 12.0 Å². The maximum absolute atomic E-state index is 16.0. The van der Waals surface area contributed by atoms with Gasteiger partial charge in [0.05, 0.1) is 40.2 Å². The number of imidazole rings is 1. The number of H-pyrrole nitrogens is 2. The molecule has 0 saturated heterocycles. The first-order valence-corrected chi connectivity index (χ1v) is 12.7. The van der Waals surface area contributed by atoms with Crippen molar-refractivity contribution in [3.05, 3.63) is 59.6 Å². The van der Waals surface area contributed by atoms with Crippen LogP contribution in [0.25, 0.3) is 56.0 Å². The summed E-state index contributed by atoms with van der Waals surface area (Å²) in [5.74, 6) is 0.196. The highest BCUT2D eigenvalue weighted by molar-refractivity contribution is 7.08. The number of aliphatic hydroxyl groups excluding tert-OH is 1. The van der Waals surface area contributed by atoms with Gasteiger partial charge in [0.1, 0.15) is 23.1 Å². The van der Waals surface area contributed by atoms with Gasteiger partial charge in [-0.15, -0.1) is 0 Å². The van der Waals surface area contributed by atoms with Crippen LogP contribution in [0.5, 0.6) is 0 Å². The number of aromatic amines is 2. The van der Waals surface area contributed by atoms with Crippen LogP contribution >= 0.6 is 11.3 Å². The number of hydrogen-bond acceptors (Lipinski definition) is 8. The number of halogens is 1. The highest BCUT2D eigenvalue weighted by atomic mass is 32.1. The molecular formula is C26H23FN8OS. The lowest BCUT2D eigenvalue weighted by molar-refractivity contribution is 0.176. The third-order valence-corrected chi connectivity index (χ3v) is 6.69. The Bertz CT molecular complexity index is 1710. The fourth-order valence-corrected chi connectivity index (χ4v) is 4.99. The molecule has 0 radical (unpaired) electrons. The van der Waals surface area contributed by atoms with E-state index in [0.717, 1.165) is 16.8 Å². The molecule has 6 rings (SSSR count). The first-order chi connectivity index (χ1) is 18.0. The van der Waals surface area contributed by atoms with Gasteiger partial charge < -0.3 is 15.4 Å². The lowest BCUT2D eigenvalue weighted by Crippen LogP contribution is -2.20. The highest BCUT2D eigenvalue weighted by Gasteiger charge is 2.22. The lowest BCUT2D eigenvalue weighted by atomic mass is 10.1. The van der Waals surface area contributed by atoms with E-state index in [1.54, 1.807) is 36.0 Å². The summed E-state index contributed by atoms with van der Waals surface area (Å²) in [7, 11) is 0. The Labute approximate surface area is 214 Å². The largest absolute Gasteiger partial charge is 0.374 e. The average molecular weight is 515 g/mol. The van der Waals surface area contributed by atoms with Gasteiger partial charge in [-0.05, 0) is 35.9 Å². The molecule has 0 aliphatic rings. The second-order valence-electron chi connectivity index (χ2n) is 9.19. The number of hydrogen-bond donors (Lipinski definition) is 4. The summed E-state index contributed by atoms with van der Waals surface area (Å²) >= 11 is 1.58. The molecule has 1 unspecified atom stereocenters. The molecule has 6 aromatic heterocycles. The second kappa shape index (κ2) is 9.34. The Hall–Kier alpha value is -4.22. The quantitative estimate of drug-likeness (QED) is 0.204. The number of nitrogens with zero attached hydrogens (tertiary/aromatic N) is 5. The lowest BCUT2D eigenvalue weighted by Gasteiger charge is -2.16. The topological polar surface area (TPSA) is 128 Å². The molecule has 6 aromatic rings. The van der Waals surface area contributed by atoms with E-state index in [0.29, 0.717) is 46.1 Å². The smallest absolute Gasteiger partial charge is 0.161 e. The molecule has 0 saturated carbocycles. The van der Waals surface area contributed by atoms with Crippen LogP contribution in [0.1, 0.15) is 20.3 Å². The van der Waals surface area contributed by atoms with Crippen LogP contribution < -0.4 is 5.32 Å². The molecular weight excluding hydrogens is 491 g/mol.